The summed E-state index contributed by atoms with van der Waals surface area (Å²) < 4.78 is 5.50. The van der Waals surface area contributed by atoms with Gasteiger partial charge in [-0.3, -0.25) is 0 Å². The van der Waals surface area contributed by atoms with Gasteiger partial charge in [0.05, 0.1) is 13.2 Å². The number of aliphatic hydroxyl groups excluding tert-OH is 1. The van der Waals surface area contributed by atoms with E-state index in [1.54, 1.807) is 12.7 Å². The van der Waals surface area contributed by atoms with Gasteiger partial charge in [-0.2, -0.15) is 0 Å². The van der Waals surface area contributed by atoms with Gasteiger partial charge in [-0.25, -0.2) is 0 Å². The van der Waals surface area contributed by atoms with E-state index in [1.165, 1.54) is 44.1 Å². The Morgan fingerprint density at radius 3 is 2.71 bits per heavy atom. The summed E-state index contributed by atoms with van der Waals surface area (Å²) >= 11 is 0. The molecule has 1 aromatic carbocycles. The molecule has 5 rings (SSSR count). The van der Waals surface area contributed by atoms with Crippen LogP contribution in [0.4, 0.5) is 0 Å². The van der Waals surface area contributed by atoms with Crippen LogP contribution in [-0.4, -0.2) is 18.3 Å². The van der Waals surface area contributed by atoms with E-state index in [1.807, 2.05) is 0 Å². The number of methoxy groups -OCH3 is 1. The van der Waals surface area contributed by atoms with Crippen LogP contribution in [-0.2, 0) is 0 Å². The predicted octanol–water partition coefficient (Wildman–Crippen LogP) is 6.09. The Bertz CT molecular complexity index is 782. The van der Waals surface area contributed by atoms with Crippen molar-refractivity contribution in [3.05, 3.63) is 35.9 Å². The van der Waals surface area contributed by atoms with Gasteiger partial charge in [-0.15, -0.1) is 0 Å². The number of allylic oxidation sites excluding steroid dienone is 2. The molecule has 0 radical (unpaired) electrons. The Kier molecular flexibility index (Phi) is 4.43. The van der Waals surface area contributed by atoms with E-state index >= 15 is 0 Å². The Labute approximate surface area is 170 Å². The zero-order valence-corrected chi connectivity index (χ0v) is 17.8. The summed E-state index contributed by atoms with van der Waals surface area (Å²) in [6.07, 6.45) is 12.4. The van der Waals surface area contributed by atoms with Crippen molar-refractivity contribution >= 4 is 5.57 Å². The van der Waals surface area contributed by atoms with E-state index in [-0.39, 0.29) is 6.10 Å². The zero-order chi connectivity index (χ0) is 19.5. The van der Waals surface area contributed by atoms with Crippen molar-refractivity contribution in [3.63, 3.8) is 0 Å². The van der Waals surface area contributed by atoms with E-state index < -0.39 is 0 Å². The van der Waals surface area contributed by atoms with Crippen molar-refractivity contribution in [2.45, 2.75) is 71.3 Å². The first kappa shape index (κ1) is 18.7. The van der Waals surface area contributed by atoms with E-state index in [0.717, 1.165) is 42.3 Å². The van der Waals surface area contributed by atoms with Gasteiger partial charge < -0.3 is 9.84 Å². The molecule has 2 heteroatoms. The number of benzene rings is 1. The highest BCUT2D eigenvalue weighted by Gasteiger charge is 2.58. The molecule has 0 aliphatic heterocycles. The maximum absolute atomic E-state index is 10.2. The molecule has 7 atom stereocenters. The molecule has 1 N–H and O–H groups in total. The normalized spacial score (nSPS) is 44.9. The Morgan fingerprint density at radius 2 is 1.89 bits per heavy atom. The maximum atomic E-state index is 10.2. The van der Waals surface area contributed by atoms with Crippen molar-refractivity contribution in [2.75, 3.05) is 7.11 Å². The highest BCUT2D eigenvalue weighted by atomic mass is 16.5. The lowest BCUT2D eigenvalue weighted by molar-refractivity contribution is -0.115. The van der Waals surface area contributed by atoms with E-state index in [2.05, 4.69) is 44.2 Å². The minimum atomic E-state index is -0.0451. The van der Waals surface area contributed by atoms with Crippen molar-refractivity contribution in [1.82, 2.24) is 0 Å². The molecule has 4 aliphatic rings. The van der Waals surface area contributed by atoms with Crippen LogP contribution in [0.1, 0.15) is 70.8 Å². The second-order valence-electron chi connectivity index (χ2n) is 10.6. The lowest BCUT2D eigenvalue weighted by Gasteiger charge is -2.60. The monoisotopic (exact) mass is 380 g/mol. The second-order valence-corrected chi connectivity index (χ2v) is 10.6. The van der Waals surface area contributed by atoms with Gasteiger partial charge >= 0.3 is 0 Å². The lowest BCUT2D eigenvalue weighted by Crippen LogP contribution is -2.53. The minimum Gasteiger partial charge on any atom is -0.497 e. The molecular formula is C26H36O2. The molecule has 1 aromatic rings. The molecule has 0 saturated heterocycles. The van der Waals surface area contributed by atoms with Gasteiger partial charge in [-0.1, -0.05) is 32.1 Å². The van der Waals surface area contributed by atoms with Crippen LogP contribution in [0, 0.1) is 34.5 Å². The molecule has 0 heterocycles. The van der Waals surface area contributed by atoms with E-state index in [4.69, 9.17) is 4.74 Å². The van der Waals surface area contributed by atoms with Crippen LogP contribution in [0.3, 0.4) is 0 Å². The fraction of sp³-hybridized carbons (Fsp3) is 0.692. The largest absolute Gasteiger partial charge is 0.497 e. The highest BCUT2D eigenvalue weighted by molar-refractivity contribution is 5.73. The number of hydrogen-bond acceptors (Lipinski definition) is 2. The molecule has 152 valence electrons. The van der Waals surface area contributed by atoms with Crippen LogP contribution in [0.15, 0.2) is 30.3 Å². The van der Waals surface area contributed by atoms with Gasteiger partial charge in [0, 0.05) is 0 Å². The molecule has 2 nitrogen and oxygen atoms in total. The van der Waals surface area contributed by atoms with E-state index in [0.29, 0.717) is 10.8 Å². The molecule has 0 aromatic heterocycles. The van der Waals surface area contributed by atoms with Gasteiger partial charge in [0.1, 0.15) is 5.75 Å². The molecule has 28 heavy (non-hydrogen) atoms. The molecule has 0 unspecified atom stereocenters. The first-order valence-electron chi connectivity index (χ1n) is 11.5. The summed E-state index contributed by atoms with van der Waals surface area (Å²) in [5.74, 6) is 4.21. The second kappa shape index (κ2) is 6.62. The fourth-order valence-electron chi connectivity index (χ4n) is 8.04. The topological polar surface area (TPSA) is 29.5 Å². The third-order valence-electron chi connectivity index (χ3n) is 9.60. The lowest BCUT2D eigenvalue weighted by atomic mass is 9.44. The quantitative estimate of drug-likeness (QED) is 0.672. The fourth-order valence-corrected chi connectivity index (χ4v) is 8.04. The van der Waals surface area contributed by atoms with Gasteiger partial charge in [-0.05, 0) is 109 Å². The first-order valence-corrected chi connectivity index (χ1v) is 11.5. The van der Waals surface area contributed by atoms with Crippen LogP contribution < -0.4 is 4.74 Å². The summed E-state index contributed by atoms with van der Waals surface area (Å²) in [5.41, 5.74) is 3.71. The van der Waals surface area contributed by atoms with Crippen molar-refractivity contribution < 1.29 is 9.84 Å². The molecule has 0 spiro atoms. The maximum Gasteiger partial charge on any atom is 0.119 e. The minimum absolute atomic E-state index is 0.0451. The van der Waals surface area contributed by atoms with Gasteiger partial charge in [0.2, 0.25) is 0 Å². The number of hydrogen-bond donors (Lipinski definition) is 1. The summed E-state index contributed by atoms with van der Waals surface area (Å²) in [6.45, 7) is 5.12. The van der Waals surface area contributed by atoms with E-state index in [9.17, 15) is 5.11 Å². The van der Waals surface area contributed by atoms with Crippen LogP contribution in [0.25, 0.3) is 5.57 Å². The number of rotatable bonds is 2. The van der Waals surface area contributed by atoms with Crippen molar-refractivity contribution in [2.24, 2.45) is 34.5 Å². The number of fused-ring (bicyclic) bond motifs is 5. The Hall–Kier alpha value is -1.28. The summed E-state index contributed by atoms with van der Waals surface area (Å²) in [7, 11) is 1.76. The smallest absolute Gasteiger partial charge is 0.119 e. The van der Waals surface area contributed by atoms with Gasteiger partial charge in [0.15, 0.2) is 0 Å². The Balaban J connectivity index is 1.43. The molecule has 3 fully saturated rings. The molecule has 3 saturated carbocycles. The van der Waals surface area contributed by atoms with Gasteiger partial charge in [0.25, 0.3) is 0 Å². The first-order chi connectivity index (χ1) is 13.5. The third-order valence-corrected chi connectivity index (χ3v) is 9.60. The molecule has 0 bridgehead atoms. The molecular weight excluding hydrogens is 344 g/mol. The summed E-state index contributed by atoms with van der Waals surface area (Å²) in [5, 5.41) is 10.2. The number of ether oxygens (including phenoxy) is 1. The van der Waals surface area contributed by atoms with Crippen molar-refractivity contribution in [1.29, 1.82) is 0 Å². The molecule has 0 amide bonds. The summed E-state index contributed by atoms with van der Waals surface area (Å²) in [4.78, 5) is 0. The summed E-state index contributed by atoms with van der Waals surface area (Å²) in [6, 6.07) is 8.69. The SMILES string of the molecule is COc1cccc(C2=CC[C@H]3[C@@H]4CC[C@H]5C[C@@H](O)CC[C@]5(C)[C@H]4CC[C@]23C)c1. The highest BCUT2D eigenvalue weighted by Crippen LogP contribution is 2.67. The standard InChI is InChI=1S/C26H36O2/c1-25-13-11-19(27)16-18(25)7-8-21-23-10-9-22(26(23,2)14-12-24(21)25)17-5-4-6-20(15-17)28-3/h4-6,9,15,18-19,21,23-24,27H,7-8,10-14,16H2,1-3H3/t18-,19-,21-,23-,24-,25-,26+/m0/s1. The van der Waals surface area contributed by atoms with Crippen LogP contribution in [0.5, 0.6) is 5.75 Å². The van der Waals surface area contributed by atoms with Crippen LogP contribution >= 0.6 is 0 Å². The zero-order valence-electron chi connectivity index (χ0n) is 17.8. The average molecular weight is 381 g/mol. The molecule has 4 aliphatic carbocycles. The average Bonchev–Trinajstić information content (AvgIpc) is 3.06. The van der Waals surface area contributed by atoms with Crippen LogP contribution in [0.2, 0.25) is 0 Å². The Morgan fingerprint density at radius 1 is 1.04 bits per heavy atom. The number of aliphatic hydroxyl groups is 1. The van der Waals surface area contributed by atoms with Crippen molar-refractivity contribution in [3.8, 4) is 5.75 Å². The third kappa shape index (κ3) is 2.63. The predicted molar refractivity (Wildman–Crippen MR) is 114 cm³/mol.